The van der Waals surface area contributed by atoms with Crippen molar-refractivity contribution in [1.82, 2.24) is 10.2 Å². The Kier molecular flexibility index (Phi) is 3.83. The fourth-order valence-electron chi connectivity index (χ4n) is 2.43. The van der Waals surface area contributed by atoms with Gasteiger partial charge in [-0.05, 0) is 19.4 Å². The van der Waals surface area contributed by atoms with E-state index in [-0.39, 0.29) is 6.04 Å². The standard InChI is InChI=1S/C15H20N2/c1-4-12(2)17-11-15(16-10-13(17)3)14-8-6-5-7-9-14/h1,5-9,12-13,15-16H,10-11H2,2-3H3. The summed E-state index contributed by atoms with van der Waals surface area (Å²) < 4.78 is 0. The maximum absolute atomic E-state index is 5.54. The molecule has 90 valence electrons. The summed E-state index contributed by atoms with van der Waals surface area (Å²) in [5, 5.41) is 3.58. The van der Waals surface area contributed by atoms with E-state index in [2.05, 4.69) is 60.3 Å². The molecule has 1 aliphatic rings. The van der Waals surface area contributed by atoms with Crippen LogP contribution in [0, 0.1) is 12.3 Å². The zero-order valence-electron chi connectivity index (χ0n) is 10.6. The van der Waals surface area contributed by atoms with E-state index in [9.17, 15) is 0 Å². The number of hydrogen-bond acceptors (Lipinski definition) is 2. The molecule has 0 radical (unpaired) electrons. The molecule has 0 bridgehead atoms. The van der Waals surface area contributed by atoms with E-state index in [0.29, 0.717) is 12.1 Å². The van der Waals surface area contributed by atoms with Crippen molar-refractivity contribution in [3.05, 3.63) is 35.9 Å². The highest BCUT2D eigenvalue weighted by atomic mass is 15.2. The largest absolute Gasteiger partial charge is 0.307 e. The number of hydrogen-bond donors (Lipinski definition) is 1. The van der Waals surface area contributed by atoms with Crippen LogP contribution in [-0.2, 0) is 0 Å². The van der Waals surface area contributed by atoms with Crippen molar-refractivity contribution in [2.45, 2.75) is 32.0 Å². The number of piperazine rings is 1. The average Bonchev–Trinajstić information content (AvgIpc) is 2.39. The Morgan fingerprint density at radius 3 is 2.76 bits per heavy atom. The van der Waals surface area contributed by atoms with E-state index >= 15 is 0 Å². The van der Waals surface area contributed by atoms with Crippen LogP contribution >= 0.6 is 0 Å². The zero-order valence-corrected chi connectivity index (χ0v) is 10.6. The molecule has 2 heteroatoms. The average molecular weight is 228 g/mol. The lowest BCUT2D eigenvalue weighted by Crippen LogP contribution is -2.54. The van der Waals surface area contributed by atoms with Gasteiger partial charge in [0.2, 0.25) is 0 Å². The molecule has 2 rings (SSSR count). The van der Waals surface area contributed by atoms with Crippen LogP contribution in [0.1, 0.15) is 25.5 Å². The number of nitrogens with zero attached hydrogens (tertiary/aromatic N) is 1. The van der Waals surface area contributed by atoms with Crippen molar-refractivity contribution in [2.24, 2.45) is 0 Å². The van der Waals surface area contributed by atoms with Crippen molar-refractivity contribution in [1.29, 1.82) is 0 Å². The topological polar surface area (TPSA) is 15.3 Å². The van der Waals surface area contributed by atoms with Crippen LogP contribution in [0.3, 0.4) is 0 Å². The van der Waals surface area contributed by atoms with Gasteiger partial charge in [-0.25, -0.2) is 0 Å². The molecule has 1 heterocycles. The number of terminal acetylenes is 1. The van der Waals surface area contributed by atoms with E-state index in [1.807, 2.05) is 0 Å². The van der Waals surface area contributed by atoms with Crippen molar-refractivity contribution < 1.29 is 0 Å². The van der Waals surface area contributed by atoms with Gasteiger partial charge in [0.05, 0.1) is 6.04 Å². The second-order valence-electron chi connectivity index (χ2n) is 4.76. The highest BCUT2D eigenvalue weighted by Gasteiger charge is 2.28. The third-order valence-corrected chi connectivity index (χ3v) is 3.56. The minimum absolute atomic E-state index is 0.207. The summed E-state index contributed by atoms with van der Waals surface area (Å²) in [6, 6.07) is 11.7. The van der Waals surface area contributed by atoms with Gasteiger partial charge in [-0.15, -0.1) is 6.42 Å². The van der Waals surface area contributed by atoms with E-state index in [1.165, 1.54) is 5.56 Å². The fourth-order valence-corrected chi connectivity index (χ4v) is 2.43. The monoisotopic (exact) mass is 228 g/mol. The highest BCUT2D eigenvalue weighted by Crippen LogP contribution is 2.21. The van der Waals surface area contributed by atoms with Crippen LogP contribution in [0.2, 0.25) is 0 Å². The molecule has 3 atom stereocenters. The third kappa shape index (κ3) is 2.69. The van der Waals surface area contributed by atoms with Gasteiger partial charge in [0.15, 0.2) is 0 Å². The molecule has 1 aliphatic heterocycles. The summed E-state index contributed by atoms with van der Waals surface area (Å²) in [5.41, 5.74) is 1.34. The Balaban J connectivity index is 2.11. The first-order valence-corrected chi connectivity index (χ1v) is 6.22. The minimum Gasteiger partial charge on any atom is -0.307 e. The van der Waals surface area contributed by atoms with Gasteiger partial charge in [0, 0.05) is 25.2 Å². The molecule has 1 fully saturated rings. The SMILES string of the molecule is C#CC(C)N1CC(c2ccccc2)NCC1C. The molecule has 0 aromatic heterocycles. The lowest BCUT2D eigenvalue weighted by Gasteiger charge is -2.40. The van der Waals surface area contributed by atoms with Gasteiger partial charge >= 0.3 is 0 Å². The summed E-state index contributed by atoms with van der Waals surface area (Å²) in [5.74, 6) is 2.84. The summed E-state index contributed by atoms with van der Waals surface area (Å²) in [4.78, 5) is 2.40. The minimum atomic E-state index is 0.207. The normalized spacial score (nSPS) is 27.4. The predicted octanol–water partition coefficient (Wildman–Crippen LogP) is 2.04. The summed E-state index contributed by atoms with van der Waals surface area (Å²) in [6.45, 7) is 6.30. The van der Waals surface area contributed by atoms with Gasteiger partial charge in [-0.1, -0.05) is 36.3 Å². The van der Waals surface area contributed by atoms with E-state index in [0.717, 1.165) is 13.1 Å². The van der Waals surface area contributed by atoms with E-state index in [1.54, 1.807) is 0 Å². The fraction of sp³-hybridized carbons (Fsp3) is 0.467. The first-order valence-electron chi connectivity index (χ1n) is 6.22. The Hall–Kier alpha value is -1.30. The van der Waals surface area contributed by atoms with Crippen LogP contribution in [0.5, 0.6) is 0 Å². The molecule has 17 heavy (non-hydrogen) atoms. The first-order chi connectivity index (χ1) is 8.22. The molecule has 0 saturated carbocycles. The second-order valence-corrected chi connectivity index (χ2v) is 4.76. The zero-order chi connectivity index (χ0) is 12.3. The molecule has 1 aromatic rings. The maximum Gasteiger partial charge on any atom is 0.0686 e. The molecule has 1 N–H and O–H groups in total. The summed E-state index contributed by atoms with van der Waals surface area (Å²) >= 11 is 0. The molecule has 1 aromatic carbocycles. The van der Waals surface area contributed by atoms with Crippen molar-refractivity contribution in [2.75, 3.05) is 13.1 Å². The van der Waals surface area contributed by atoms with E-state index < -0.39 is 0 Å². The number of rotatable bonds is 2. The van der Waals surface area contributed by atoms with Gasteiger partial charge < -0.3 is 5.32 Å². The lowest BCUT2D eigenvalue weighted by molar-refractivity contribution is 0.123. The molecular weight excluding hydrogens is 208 g/mol. The Morgan fingerprint density at radius 2 is 2.12 bits per heavy atom. The predicted molar refractivity (Wildman–Crippen MR) is 71.6 cm³/mol. The molecule has 0 aliphatic carbocycles. The second kappa shape index (κ2) is 5.35. The Labute approximate surface area is 104 Å². The molecule has 0 amide bonds. The van der Waals surface area contributed by atoms with Crippen molar-refractivity contribution >= 4 is 0 Å². The summed E-state index contributed by atoms with van der Waals surface area (Å²) in [7, 11) is 0. The Bertz CT molecular complexity index is 393. The molecule has 3 unspecified atom stereocenters. The van der Waals surface area contributed by atoms with Crippen LogP contribution in [0.25, 0.3) is 0 Å². The van der Waals surface area contributed by atoms with Crippen LogP contribution in [-0.4, -0.2) is 30.1 Å². The van der Waals surface area contributed by atoms with Gasteiger partial charge in [0.1, 0.15) is 0 Å². The number of benzene rings is 1. The first kappa shape index (κ1) is 12.2. The van der Waals surface area contributed by atoms with Crippen LogP contribution in [0.15, 0.2) is 30.3 Å². The van der Waals surface area contributed by atoms with E-state index in [4.69, 9.17) is 6.42 Å². The van der Waals surface area contributed by atoms with Crippen LogP contribution < -0.4 is 5.32 Å². The quantitative estimate of drug-likeness (QED) is 0.779. The lowest BCUT2D eigenvalue weighted by atomic mass is 10.0. The molecular formula is C15H20N2. The Morgan fingerprint density at radius 1 is 1.41 bits per heavy atom. The van der Waals surface area contributed by atoms with Crippen molar-refractivity contribution in [3.63, 3.8) is 0 Å². The highest BCUT2D eigenvalue weighted by molar-refractivity contribution is 5.20. The number of nitrogens with one attached hydrogen (secondary N) is 1. The van der Waals surface area contributed by atoms with Gasteiger partial charge in [-0.3, -0.25) is 4.90 Å². The summed E-state index contributed by atoms with van der Waals surface area (Å²) in [6.07, 6.45) is 5.54. The molecule has 0 spiro atoms. The van der Waals surface area contributed by atoms with Gasteiger partial charge in [-0.2, -0.15) is 0 Å². The molecule has 1 saturated heterocycles. The smallest absolute Gasteiger partial charge is 0.0686 e. The van der Waals surface area contributed by atoms with Crippen molar-refractivity contribution in [3.8, 4) is 12.3 Å². The van der Waals surface area contributed by atoms with Gasteiger partial charge in [0.25, 0.3) is 0 Å². The third-order valence-electron chi connectivity index (χ3n) is 3.56. The maximum atomic E-state index is 5.54. The van der Waals surface area contributed by atoms with Crippen LogP contribution in [0.4, 0.5) is 0 Å². The molecule has 2 nitrogen and oxygen atoms in total.